The fraction of sp³-hybridized carbons (Fsp3) is 0.292. The van der Waals surface area contributed by atoms with Crippen LogP contribution in [0.4, 0.5) is 4.39 Å². The van der Waals surface area contributed by atoms with Gasteiger partial charge in [0, 0.05) is 26.3 Å². The number of phenolic OH excluding ortho intramolecular Hbond substituents is 1. The third-order valence-electron chi connectivity index (χ3n) is 4.92. The molecular weight excluding hydrogens is 443 g/mol. The minimum atomic E-state index is -1.10. The number of carbonyl (C=O) groups is 4. The molecule has 10 heteroatoms. The first-order valence-corrected chi connectivity index (χ1v) is 10.6. The van der Waals surface area contributed by atoms with Crippen molar-refractivity contribution in [1.82, 2.24) is 16.0 Å². The highest BCUT2D eigenvalue weighted by molar-refractivity contribution is 6.26. The Bertz CT molecular complexity index is 1020. The van der Waals surface area contributed by atoms with Crippen LogP contribution in [-0.4, -0.2) is 46.9 Å². The lowest BCUT2D eigenvalue weighted by atomic mass is 10.0. The molecule has 2 aromatic rings. The Morgan fingerprint density at radius 2 is 1.56 bits per heavy atom. The molecule has 0 heterocycles. The van der Waals surface area contributed by atoms with Gasteiger partial charge in [-0.15, -0.1) is 0 Å². The molecule has 3 amide bonds. The van der Waals surface area contributed by atoms with Crippen LogP contribution in [0.25, 0.3) is 0 Å². The van der Waals surface area contributed by atoms with Gasteiger partial charge in [0.05, 0.1) is 6.21 Å². The number of nitrogens with one attached hydrogen (secondary N) is 4. The average Bonchev–Trinajstić information content (AvgIpc) is 2.81. The Morgan fingerprint density at radius 3 is 2.15 bits per heavy atom. The molecule has 0 aliphatic heterocycles. The van der Waals surface area contributed by atoms with Gasteiger partial charge in [0.2, 0.25) is 17.7 Å². The van der Waals surface area contributed by atoms with Gasteiger partial charge in [0.25, 0.3) is 0 Å². The summed E-state index contributed by atoms with van der Waals surface area (Å²) in [5.41, 5.74) is 1.31. The van der Waals surface area contributed by atoms with Gasteiger partial charge in [-0.05, 0) is 41.8 Å². The van der Waals surface area contributed by atoms with E-state index >= 15 is 0 Å². The molecule has 0 radical (unpaired) electrons. The van der Waals surface area contributed by atoms with Crippen molar-refractivity contribution in [2.24, 2.45) is 0 Å². The number of hydrogen-bond acceptors (Lipinski definition) is 6. The molecule has 2 rings (SSSR count). The van der Waals surface area contributed by atoms with E-state index in [1.807, 2.05) is 0 Å². The monoisotopic (exact) mass is 470 g/mol. The smallest absolute Gasteiger partial charge is 0.243 e. The van der Waals surface area contributed by atoms with Crippen molar-refractivity contribution >= 4 is 29.7 Å². The molecule has 0 spiro atoms. The average molecular weight is 471 g/mol. The number of ketones is 1. The van der Waals surface area contributed by atoms with Crippen molar-refractivity contribution in [3.05, 3.63) is 65.5 Å². The second-order valence-electron chi connectivity index (χ2n) is 7.68. The Morgan fingerprint density at radius 1 is 0.941 bits per heavy atom. The van der Waals surface area contributed by atoms with Crippen LogP contribution in [-0.2, 0) is 32.1 Å². The fourth-order valence-corrected chi connectivity index (χ4v) is 3.14. The molecule has 2 aromatic carbocycles. The highest BCUT2D eigenvalue weighted by atomic mass is 19.1. The standard InChI is InChI=1S/C24H27FN4O5/c1-15(30)28-22(12-16-4-8-19(31)9-5-16)24(34)29-21(11-10-20(32)13-26)23(33)27-14-17-2-6-18(25)7-3-17/h2-9,13,21-22,26,31H,10-12,14H2,1H3,(H,27,33)(H,28,30)(H,29,34)/t21-,22-/m0/s1. The molecule has 0 aliphatic carbocycles. The fourth-order valence-electron chi connectivity index (χ4n) is 3.14. The zero-order chi connectivity index (χ0) is 25.1. The van der Waals surface area contributed by atoms with Crippen molar-refractivity contribution in [3.8, 4) is 5.75 Å². The van der Waals surface area contributed by atoms with Crippen LogP contribution in [0.2, 0.25) is 0 Å². The maximum Gasteiger partial charge on any atom is 0.243 e. The van der Waals surface area contributed by atoms with Crippen LogP contribution in [0.5, 0.6) is 5.75 Å². The van der Waals surface area contributed by atoms with Crippen molar-refractivity contribution in [1.29, 1.82) is 5.41 Å². The van der Waals surface area contributed by atoms with E-state index in [2.05, 4.69) is 16.0 Å². The summed E-state index contributed by atoms with van der Waals surface area (Å²) in [6.45, 7) is 1.33. The third kappa shape index (κ3) is 8.81. The van der Waals surface area contributed by atoms with Crippen molar-refractivity contribution < 1.29 is 28.7 Å². The molecule has 0 unspecified atom stereocenters. The number of aromatic hydroxyl groups is 1. The van der Waals surface area contributed by atoms with Gasteiger partial charge in [-0.1, -0.05) is 24.3 Å². The van der Waals surface area contributed by atoms with Crippen LogP contribution >= 0.6 is 0 Å². The molecule has 0 fully saturated rings. The van der Waals surface area contributed by atoms with Gasteiger partial charge >= 0.3 is 0 Å². The first-order chi connectivity index (χ1) is 16.2. The number of benzene rings is 2. The van der Waals surface area contributed by atoms with Gasteiger partial charge in [-0.2, -0.15) is 0 Å². The Hall–Kier alpha value is -4.08. The van der Waals surface area contributed by atoms with Gasteiger partial charge in [0.15, 0.2) is 5.78 Å². The maximum absolute atomic E-state index is 13.1. The summed E-state index contributed by atoms with van der Waals surface area (Å²) >= 11 is 0. The van der Waals surface area contributed by atoms with Crippen molar-refractivity contribution in [2.75, 3.05) is 0 Å². The molecule has 0 bridgehead atoms. The molecule has 0 saturated heterocycles. The molecule has 9 nitrogen and oxygen atoms in total. The molecule has 180 valence electrons. The van der Waals surface area contributed by atoms with Crippen LogP contribution in [0.1, 0.15) is 30.9 Å². The van der Waals surface area contributed by atoms with Gasteiger partial charge in [-0.3, -0.25) is 19.2 Å². The van der Waals surface area contributed by atoms with Crippen molar-refractivity contribution in [3.63, 3.8) is 0 Å². The normalized spacial score (nSPS) is 12.2. The predicted molar refractivity (Wildman–Crippen MR) is 123 cm³/mol. The van der Waals surface area contributed by atoms with E-state index in [9.17, 15) is 28.7 Å². The number of amides is 3. The Kier molecular flexibility index (Phi) is 9.88. The van der Waals surface area contributed by atoms with Gasteiger partial charge < -0.3 is 26.5 Å². The maximum atomic E-state index is 13.1. The lowest BCUT2D eigenvalue weighted by Gasteiger charge is -2.23. The zero-order valence-electron chi connectivity index (χ0n) is 18.6. The van der Waals surface area contributed by atoms with Crippen molar-refractivity contribution in [2.45, 2.75) is 44.8 Å². The number of halogens is 1. The van der Waals surface area contributed by atoms with E-state index in [1.165, 1.54) is 43.3 Å². The number of hydrogen-bond donors (Lipinski definition) is 5. The van der Waals surface area contributed by atoms with Crippen LogP contribution < -0.4 is 16.0 Å². The zero-order valence-corrected chi connectivity index (χ0v) is 18.6. The van der Waals surface area contributed by atoms with E-state index in [0.717, 1.165) is 0 Å². The molecule has 0 aliphatic rings. The van der Waals surface area contributed by atoms with Gasteiger partial charge in [0.1, 0.15) is 23.7 Å². The summed E-state index contributed by atoms with van der Waals surface area (Å²) in [7, 11) is 0. The third-order valence-corrected chi connectivity index (χ3v) is 4.92. The minimum absolute atomic E-state index is 0.0537. The summed E-state index contributed by atoms with van der Waals surface area (Å²) in [4.78, 5) is 49.0. The van der Waals surface area contributed by atoms with Crippen LogP contribution in [0, 0.1) is 11.2 Å². The van der Waals surface area contributed by atoms with Crippen LogP contribution in [0.3, 0.4) is 0 Å². The van der Waals surface area contributed by atoms with E-state index in [1.54, 1.807) is 12.1 Å². The van der Waals surface area contributed by atoms with E-state index in [4.69, 9.17) is 5.41 Å². The largest absolute Gasteiger partial charge is 0.508 e. The highest BCUT2D eigenvalue weighted by Gasteiger charge is 2.27. The van der Waals surface area contributed by atoms with E-state index < -0.39 is 41.4 Å². The summed E-state index contributed by atoms with van der Waals surface area (Å²) in [5.74, 6) is -2.52. The molecular formula is C24H27FN4O5. The van der Waals surface area contributed by atoms with Gasteiger partial charge in [-0.25, -0.2) is 4.39 Å². The second-order valence-corrected chi connectivity index (χ2v) is 7.68. The first kappa shape index (κ1) is 26.2. The molecule has 0 saturated carbocycles. The lowest BCUT2D eigenvalue weighted by molar-refractivity contribution is -0.132. The Balaban J connectivity index is 2.12. The number of carbonyl (C=O) groups excluding carboxylic acids is 4. The highest BCUT2D eigenvalue weighted by Crippen LogP contribution is 2.12. The number of phenols is 1. The predicted octanol–water partition coefficient (Wildman–Crippen LogP) is 1.38. The summed E-state index contributed by atoms with van der Waals surface area (Å²) in [6.07, 6.45) is 0.553. The van der Waals surface area contributed by atoms with Crippen LogP contribution in [0.15, 0.2) is 48.5 Å². The molecule has 5 N–H and O–H groups in total. The summed E-state index contributed by atoms with van der Waals surface area (Å²) in [6, 6.07) is 9.52. The Labute approximate surface area is 196 Å². The van der Waals surface area contributed by atoms with E-state index in [-0.39, 0.29) is 31.6 Å². The molecule has 2 atom stereocenters. The first-order valence-electron chi connectivity index (χ1n) is 10.6. The minimum Gasteiger partial charge on any atom is -0.508 e. The number of Topliss-reactive ketones (excluding diaryl/α,β-unsaturated/α-hetero) is 1. The summed E-state index contributed by atoms with van der Waals surface area (Å²) in [5, 5.41) is 24.2. The van der Waals surface area contributed by atoms with E-state index in [0.29, 0.717) is 17.3 Å². The molecule has 34 heavy (non-hydrogen) atoms. The lowest BCUT2D eigenvalue weighted by Crippen LogP contribution is -2.54. The molecule has 0 aromatic heterocycles. The summed E-state index contributed by atoms with van der Waals surface area (Å²) < 4.78 is 13.1. The second kappa shape index (κ2) is 12.8. The number of rotatable bonds is 12. The SMILES string of the molecule is CC(=O)N[C@@H](Cc1ccc(O)cc1)C(=O)N[C@@H](CCC(=O)C=N)C(=O)NCc1ccc(F)cc1. The topological polar surface area (TPSA) is 148 Å². The quantitative estimate of drug-likeness (QED) is 0.297.